The zero-order chi connectivity index (χ0) is 18.7. The summed E-state index contributed by atoms with van der Waals surface area (Å²) in [6, 6.07) is 15.0. The summed E-state index contributed by atoms with van der Waals surface area (Å²) in [7, 11) is 4.97. The van der Waals surface area contributed by atoms with Gasteiger partial charge >= 0.3 is 0 Å². The molecule has 6 heteroatoms. The van der Waals surface area contributed by atoms with Gasteiger partial charge in [0, 0.05) is 19.3 Å². The van der Waals surface area contributed by atoms with Gasteiger partial charge in [-0.1, -0.05) is 30.3 Å². The van der Waals surface area contributed by atoms with Crippen molar-refractivity contribution in [2.24, 2.45) is 12.0 Å². The van der Waals surface area contributed by atoms with Crippen molar-refractivity contribution >= 4 is 11.9 Å². The molecule has 1 heterocycles. The summed E-state index contributed by atoms with van der Waals surface area (Å²) in [5, 5.41) is 0. The topological polar surface area (TPSA) is 57.8 Å². The first-order valence-corrected chi connectivity index (χ1v) is 8.17. The predicted octanol–water partition coefficient (Wildman–Crippen LogP) is 3.25. The monoisotopic (exact) mass is 351 g/mol. The van der Waals surface area contributed by atoms with Gasteiger partial charge < -0.3 is 9.47 Å². The number of hydrogen-bond acceptors (Lipinski definition) is 4. The first-order chi connectivity index (χ1) is 12.6. The van der Waals surface area contributed by atoms with Crippen molar-refractivity contribution in [1.82, 2.24) is 9.36 Å². The molecule has 0 bridgehead atoms. The first kappa shape index (κ1) is 17.5. The molecule has 2 aromatic carbocycles. The van der Waals surface area contributed by atoms with Crippen LogP contribution in [0.3, 0.4) is 0 Å². The Morgan fingerprint density at radius 2 is 1.77 bits per heavy atom. The van der Waals surface area contributed by atoms with Gasteiger partial charge in [-0.25, -0.2) is 9.67 Å². The Kier molecular flexibility index (Phi) is 4.93. The lowest BCUT2D eigenvalue weighted by molar-refractivity contribution is 0.398. The first-order valence-electron chi connectivity index (χ1n) is 8.17. The summed E-state index contributed by atoms with van der Waals surface area (Å²) in [5.74, 6) is 1.22. The zero-order valence-corrected chi connectivity index (χ0v) is 15.3. The molecule has 0 N–H and O–H groups in total. The summed E-state index contributed by atoms with van der Waals surface area (Å²) in [6.45, 7) is 1.86. The van der Waals surface area contributed by atoms with Crippen LogP contribution in [-0.2, 0) is 7.05 Å². The van der Waals surface area contributed by atoms with Gasteiger partial charge in [0.15, 0.2) is 5.69 Å². The number of aliphatic imine (C=N–C) groups is 1. The van der Waals surface area contributed by atoms with Crippen LogP contribution in [0.4, 0.5) is 5.69 Å². The van der Waals surface area contributed by atoms with Gasteiger partial charge in [-0.05, 0) is 24.6 Å². The van der Waals surface area contributed by atoms with Crippen molar-refractivity contribution in [3.8, 4) is 17.2 Å². The van der Waals surface area contributed by atoms with Crippen molar-refractivity contribution in [2.45, 2.75) is 6.92 Å². The number of aromatic nitrogens is 2. The second-order valence-corrected chi connectivity index (χ2v) is 5.78. The molecule has 3 aromatic rings. The number of benzene rings is 2. The minimum absolute atomic E-state index is 0.219. The van der Waals surface area contributed by atoms with E-state index >= 15 is 0 Å². The molecular weight excluding hydrogens is 330 g/mol. The Bertz CT molecular complexity index is 1000. The molecular formula is C20H21N3O3. The molecule has 0 aliphatic carbocycles. The fourth-order valence-corrected chi connectivity index (χ4v) is 2.75. The summed E-state index contributed by atoms with van der Waals surface area (Å²) in [6.07, 6.45) is 1.69. The molecule has 0 atom stereocenters. The lowest BCUT2D eigenvalue weighted by atomic mass is 10.2. The summed E-state index contributed by atoms with van der Waals surface area (Å²) in [5.41, 5.74) is 2.46. The fraction of sp³-hybridized carbons (Fsp3) is 0.200. The second-order valence-electron chi connectivity index (χ2n) is 5.78. The molecule has 0 saturated carbocycles. The van der Waals surface area contributed by atoms with Crippen LogP contribution in [0.15, 0.2) is 58.3 Å². The molecule has 134 valence electrons. The van der Waals surface area contributed by atoms with Gasteiger partial charge in [-0.2, -0.15) is 0 Å². The maximum absolute atomic E-state index is 13.0. The van der Waals surface area contributed by atoms with Gasteiger partial charge in [-0.15, -0.1) is 0 Å². The quantitative estimate of drug-likeness (QED) is 0.663. The average Bonchev–Trinajstić information content (AvgIpc) is 2.89. The Morgan fingerprint density at radius 1 is 1.04 bits per heavy atom. The van der Waals surface area contributed by atoms with E-state index in [1.165, 1.54) is 4.68 Å². The van der Waals surface area contributed by atoms with Gasteiger partial charge in [0.2, 0.25) is 0 Å². The largest absolute Gasteiger partial charge is 0.497 e. The molecule has 0 radical (unpaired) electrons. The highest BCUT2D eigenvalue weighted by molar-refractivity contribution is 5.82. The highest BCUT2D eigenvalue weighted by Crippen LogP contribution is 2.28. The van der Waals surface area contributed by atoms with Crippen LogP contribution in [-0.4, -0.2) is 29.8 Å². The van der Waals surface area contributed by atoms with Gasteiger partial charge in [0.1, 0.15) is 17.2 Å². The third-order valence-electron chi connectivity index (χ3n) is 4.28. The molecule has 1 aromatic heterocycles. The normalized spacial score (nSPS) is 11.1. The molecule has 0 aliphatic rings. The molecule has 3 rings (SSSR count). The van der Waals surface area contributed by atoms with Crippen LogP contribution < -0.4 is 15.0 Å². The van der Waals surface area contributed by atoms with Crippen molar-refractivity contribution in [2.75, 3.05) is 14.2 Å². The average molecular weight is 351 g/mol. The maximum Gasteiger partial charge on any atom is 0.297 e. The highest BCUT2D eigenvalue weighted by Gasteiger charge is 2.18. The highest BCUT2D eigenvalue weighted by atomic mass is 16.5. The van der Waals surface area contributed by atoms with E-state index in [-0.39, 0.29) is 5.56 Å². The van der Waals surface area contributed by atoms with Crippen LogP contribution in [0.25, 0.3) is 5.69 Å². The van der Waals surface area contributed by atoms with E-state index in [0.717, 1.165) is 11.3 Å². The van der Waals surface area contributed by atoms with Crippen molar-refractivity contribution in [3.63, 3.8) is 0 Å². The number of rotatable bonds is 5. The molecule has 0 spiro atoms. The van der Waals surface area contributed by atoms with Crippen LogP contribution in [0, 0.1) is 6.92 Å². The molecule has 26 heavy (non-hydrogen) atoms. The van der Waals surface area contributed by atoms with E-state index in [2.05, 4.69) is 4.99 Å². The van der Waals surface area contributed by atoms with Crippen LogP contribution >= 0.6 is 0 Å². The van der Waals surface area contributed by atoms with Crippen molar-refractivity contribution < 1.29 is 9.47 Å². The number of hydrogen-bond donors (Lipinski definition) is 0. The van der Waals surface area contributed by atoms with Gasteiger partial charge in [-0.3, -0.25) is 9.48 Å². The summed E-state index contributed by atoms with van der Waals surface area (Å²) >= 11 is 0. The van der Waals surface area contributed by atoms with E-state index in [1.807, 2.05) is 44.3 Å². The van der Waals surface area contributed by atoms with E-state index < -0.39 is 0 Å². The van der Waals surface area contributed by atoms with Crippen LogP contribution in [0.2, 0.25) is 0 Å². The second kappa shape index (κ2) is 7.31. The molecule has 0 unspecified atom stereocenters. The number of nitrogens with zero attached hydrogens (tertiary/aromatic N) is 3. The summed E-state index contributed by atoms with van der Waals surface area (Å²) in [4.78, 5) is 17.5. The standard InChI is InChI=1S/C20H21N3O3/c1-14-19(21-13-15-8-6-5-7-9-15)20(24)23(22(14)2)17-12-16(25-3)10-11-18(17)26-4/h5-13H,1-4H3. The van der Waals surface area contributed by atoms with E-state index in [4.69, 9.17) is 9.47 Å². The number of methoxy groups -OCH3 is 2. The molecule has 0 amide bonds. The van der Waals surface area contributed by atoms with Gasteiger partial charge in [0.25, 0.3) is 5.56 Å². The minimum Gasteiger partial charge on any atom is -0.497 e. The summed E-state index contributed by atoms with van der Waals surface area (Å²) < 4.78 is 14.0. The Labute approximate surface area is 151 Å². The predicted molar refractivity (Wildman–Crippen MR) is 103 cm³/mol. The smallest absolute Gasteiger partial charge is 0.297 e. The Morgan fingerprint density at radius 3 is 2.42 bits per heavy atom. The van der Waals surface area contributed by atoms with Crippen molar-refractivity contribution in [3.05, 3.63) is 70.1 Å². The minimum atomic E-state index is -0.219. The fourth-order valence-electron chi connectivity index (χ4n) is 2.75. The number of ether oxygens (including phenoxy) is 2. The molecule has 0 saturated heterocycles. The van der Waals surface area contributed by atoms with E-state index in [1.54, 1.807) is 43.3 Å². The maximum atomic E-state index is 13.0. The van der Waals surface area contributed by atoms with Crippen molar-refractivity contribution in [1.29, 1.82) is 0 Å². The molecule has 0 aliphatic heterocycles. The third kappa shape index (κ3) is 3.13. The lowest BCUT2D eigenvalue weighted by Gasteiger charge is -2.13. The lowest BCUT2D eigenvalue weighted by Crippen LogP contribution is -2.20. The van der Waals surface area contributed by atoms with E-state index in [0.29, 0.717) is 22.9 Å². The third-order valence-corrected chi connectivity index (χ3v) is 4.28. The molecule has 6 nitrogen and oxygen atoms in total. The van der Waals surface area contributed by atoms with Gasteiger partial charge in [0.05, 0.1) is 19.9 Å². The van der Waals surface area contributed by atoms with Crippen LogP contribution in [0.1, 0.15) is 11.3 Å². The van der Waals surface area contributed by atoms with Crippen LogP contribution in [0.5, 0.6) is 11.5 Å². The zero-order valence-electron chi connectivity index (χ0n) is 15.3. The Balaban J connectivity index is 2.14. The Hall–Kier alpha value is -3.28. The molecule has 0 fully saturated rings. The SMILES string of the molecule is COc1ccc(OC)c(-n2c(=O)c(N=Cc3ccccc3)c(C)n2C)c1. The van der Waals surface area contributed by atoms with E-state index in [9.17, 15) is 4.79 Å².